The van der Waals surface area contributed by atoms with Gasteiger partial charge in [0.25, 0.3) is 0 Å². The van der Waals surface area contributed by atoms with E-state index in [1.165, 1.54) is 6.42 Å². The van der Waals surface area contributed by atoms with E-state index in [1.807, 2.05) is 30.4 Å². The molecule has 0 spiro atoms. The van der Waals surface area contributed by atoms with Crippen LogP contribution in [0.1, 0.15) is 31.2 Å². The molecule has 5 saturated heterocycles. The van der Waals surface area contributed by atoms with Crippen molar-refractivity contribution in [1.29, 1.82) is 5.26 Å². The van der Waals surface area contributed by atoms with Gasteiger partial charge in [-0.25, -0.2) is 9.50 Å². The molecule has 3 aromatic heterocycles. The zero-order chi connectivity index (χ0) is 29.3. The number of nitrogens with zero attached hydrogens (tertiary/aromatic N) is 8. The van der Waals surface area contributed by atoms with Crippen LogP contribution in [0.4, 0.5) is 5.82 Å². The molecular weight excluding hydrogens is 544 g/mol. The van der Waals surface area contributed by atoms with Crippen molar-refractivity contribution in [2.45, 2.75) is 37.8 Å². The van der Waals surface area contributed by atoms with Gasteiger partial charge in [0.05, 0.1) is 43.3 Å². The number of fused-ring (bicyclic) bond motifs is 3. The molecule has 8 heterocycles. The molecule has 11 heteroatoms. The maximum absolute atomic E-state index is 11.8. The van der Waals surface area contributed by atoms with Crippen molar-refractivity contribution in [3.63, 3.8) is 0 Å². The summed E-state index contributed by atoms with van der Waals surface area (Å²) in [6.45, 7) is 9.40. The first-order valence-electron chi connectivity index (χ1n) is 15.6. The smallest absolute Gasteiger partial charge is 0.222 e. The van der Waals surface area contributed by atoms with Gasteiger partial charge in [-0.15, -0.1) is 0 Å². The van der Waals surface area contributed by atoms with Gasteiger partial charge in [0.1, 0.15) is 17.6 Å². The molecule has 226 valence electrons. The zero-order valence-electron chi connectivity index (χ0n) is 24.9. The van der Waals surface area contributed by atoms with E-state index in [2.05, 4.69) is 38.0 Å². The van der Waals surface area contributed by atoms with E-state index in [4.69, 9.17) is 14.5 Å². The first-order chi connectivity index (χ1) is 21.1. The Morgan fingerprint density at radius 3 is 2.70 bits per heavy atom. The molecule has 43 heavy (non-hydrogen) atoms. The Hall–Kier alpha value is -3.72. The van der Waals surface area contributed by atoms with Crippen LogP contribution in [0.25, 0.3) is 16.6 Å². The molecule has 0 saturated carbocycles. The number of morpholine rings is 1. The number of carbonyl (C=O) groups excluding carboxylic acids is 1. The van der Waals surface area contributed by atoms with E-state index in [-0.39, 0.29) is 5.91 Å². The lowest BCUT2D eigenvalue weighted by molar-refractivity contribution is -0.133. The maximum Gasteiger partial charge on any atom is 0.222 e. The van der Waals surface area contributed by atoms with Crippen molar-refractivity contribution in [2.75, 3.05) is 77.6 Å². The first kappa shape index (κ1) is 28.1. The van der Waals surface area contributed by atoms with Gasteiger partial charge >= 0.3 is 0 Å². The predicted molar refractivity (Wildman–Crippen MR) is 162 cm³/mol. The molecule has 8 rings (SSSR count). The van der Waals surface area contributed by atoms with E-state index in [0.717, 1.165) is 94.3 Å². The third-order valence-electron chi connectivity index (χ3n) is 9.73. The topological polar surface area (TPSA) is 102 Å². The highest BCUT2D eigenvalue weighted by Crippen LogP contribution is 2.35. The Balaban J connectivity index is 1.02. The van der Waals surface area contributed by atoms with E-state index in [9.17, 15) is 10.1 Å². The lowest BCUT2D eigenvalue weighted by Gasteiger charge is -2.57. The Morgan fingerprint density at radius 2 is 1.95 bits per heavy atom. The van der Waals surface area contributed by atoms with E-state index >= 15 is 0 Å². The number of rotatable bonds is 9. The van der Waals surface area contributed by atoms with Crippen molar-refractivity contribution in [3.05, 3.63) is 42.4 Å². The van der Waals surface area contributed by atoms with Crippen molar-refractivity contribution in [3.8, 4) is 22.9 Å². The fraction of sp³-hybridized carbons (Fsp3) is 0.562. The van der Waals surface area contributed by atoms with Crippen LogP contribution in [0.3, 0.4) is 0 Å². The molecule has 0 N–H and O–H groups in total. The normalized spacial score (nSPS) is 24.7. The molecule has 3 aromatic rings. The van der Waals surface area contributed by atoms with Gasteiger partial charge in [0.15, 0.2) is 0 Å². The van der Waals surface area contributed by atoms with Crippen LogP contribution in [0, 0.1) is 17.2 Å². The van der Waals surface area contributed by atoms with Crippen molar-refractivity contribution in [1.82, 2.24) is 29.3 Å². The number of nitriles is 1. The summed E-state index contributed by atoms with van der Waals surface area (Å²) in [5.41, 5.74) is 3.09. The molecule has 5 aliphatic rings. The molecule has 5 aliphatic heterocycles. The largest absolute Gasteiger partial charge is 0.492 e. The summed E-state index contributed by atoms with van der Waals surface area (Å²) in [4.78, 5) is 26.1. The predicted octanol–water partition coefficient (Wildman–Crippen LogP) is 2.50. The molecule has 2 bridgehead atoms. The molecule has 1 amide bonds. The van der Waals surface area contributed by atoms with Gasteiger partial charge in [0, 0.05) is 88.7 Å². The maximum atomic E-state index is 11.8. The lowest BCUT2D eigenvalue weighted by Crippen LogP contribution is -2.69. The number of aromatic nitrogens is 3. The number of carbonyl (C=O) groups is 1. The van der Waals surface area contributed by atoms with Crippen LogP contribution in [-0.2, 0) is 9.53 Å². The van der Waals surface area contributed by atoms with Crippen LogP contribution in [0.5, 0.6) is 5.75 Å². The van der Waals surface area contributed by atoms with Crippen LogP contribution in [0.2, 0.25) is 0 Å². The molecule has 3 atom stereocenters. The number of piperazine rings is 1. The number of likely N-dealkylation sites (tertiary alicyclic amines) is 1. The molecule has 0 radical (unpaired) electrons. The van der Waals surface area contributed by atoms with Crippen LogP contribution in [-0.4, -0.2) is 120 Å². The molecular formula is C32H40N8O3. The number of hydrogen-bond donors (Lipinski definition) is 0. The van der Waals surface area contributed by atoms with Crippen molar-refractivity contribution >= 4 is 17.2 Å². The highest BCUT2D eigenvalue weighted by atomic mass is 16.5. The van der Waals surface area contributed by atoms with Gasteiger partial charge in [-0.3, -0.25) is 14.6 Å². The summed E-state index contributed by atoms with van der Waals surface area (Å²) >= 11 is 0. The SMILES string of the molecule is CN1CC(CCOc2cc(-c3ccc(N4CC5CC(C4)N5CCN4CCOCC4)nc3)c3c(C#N)cnn3c2)CCC1=O. The third-order valence-corrected chi connectivity index (χ3v) is 9.73. The third kappa shape index (κ3) is 5.79. The summed E-state index contributed by atoms with van der Waals surface area (Å²) < 4.78 is 13.4. The van der Waals surface area contributed by atoms with Crippen LogP contribution >= 0.6 is 0 Å². The minimum Gasteiger partial charge on any atom is -0.492 e. The number of piperidine rings is 2. The lowest BCUT2D eigenvalue weighted by atomic mass is 9.87. The van der Waals surface area contributed by atoms with Crippen LogP contribution < -0.4 is 9.64 Å². The highest BCUT2D eigenvalue weighted by molar-refractivity contribution is 5.85. The number of ether oxygens (including phenoxy) is 2. The quantitative estimate of drug-likeness (QED) is 0.375. The second-order valence-corrected chi connectivity index (χ2v) is 12.4. The molecule has 0 aromatic carbocycles. The minimum absolute atomic E-state index is 0.220. The Bertz CT molecular complexity index is 1480. The molecule has 11 nitrogen and oxygen atoms in total. The van der Waals surface area contributed by atoms with Gasteiger partial charge < -0.3 is 19.3 Å². The minimum atomic E-state index is 0.220. The van der Waals surface area contributed by atoms with Gasteiger partial charge in [-0.1, -0.05) is 0 Å². The second kappa shape index (κ2) is 12.1. The summed E-state index contributed by atoms with van der Waals surface area (Å²) in [7, 11) is 1.87. The van der Waals surface area contributed by atoms with Crippen molar-refractivity contribution in [2.24, 2.45) is 5.92 Å². The van der Waals surface area contributed by atoms with Crippen molar-refractivity contribution < 1.29 is 14.3 Å². The summed E-state index contributed by atoms with van der Waals surface area (Å²) in [6.07, 6.45) is 9.02. The Morgan fingerprint density at radius 1 is 1.12 bits per heavy atom. The average Bonchev–Trinajstić information content (AvgIpc) is 3.46. The van der Waals surface area contributed by atoms with Gasteiger partial charge in [-0.05, 0) is 43.4 Å². The number of pyridine rings is 2. The second-order valence-electron chi connectivity index (χ2n) is 12.4. The van der Waals surface area contributed by atoms with Crippen LogP contribution in [0.15, 0.2) is 36.8 Å². The molecule has 0 aliphatic carbocycles. The molecule has 5 fully saturated rings. The monoisotopic (exact) mass is 584 g/mol. The summed E-state index contributed by atoms with van der Waals surface area (Å²) in [6, 6.07) is 9.66. The van der Waals surface area contributed by atoms with E-state index < -0.39 is 0 Å². The fourth-order valence-corrected chi connectivity index (χ4v) is 7.21. The number of amides is 1. The first-order valence-corrected chi connectivity index (χ1v) is 15.6. The Kier molecular flexibility index (Phi) is 7.91. The summed E-state index contributed by atoms with van der Waals surface area (Å²) in [5.74, 6) is 2.36. The van der Waals surface area contributed by atoms with Gasteiger partial charge in [0.2, 0.25) is 5.91 Å². The standard InChI is InChI=1S/C32H40N8O3/c1-36-19-23(2-5-31(36)41)6-11-43-28-15-29(32-25(16-33)18-35-40(32)22-28)24-3-4-30(34-17-24)38-20-26-14-27(21-38)39(26)8-7-37-9-12-42-13-10-37/h3-4,15,17-18,22-23,26-27H,2,5-14,19-21H2,1H3. The van der Waals surface area contributed by atoms with E-state index in [0.29, 0.717) is 42.3 Å². The zero-order valence-corrected chi connectivity index (χ0v) is 24.9. The fourth-order valence-electron chi connectivity index (χ4n) is 7.21. The average molecular weight is 585 g/mol. The number of anilines is 1. The van der Waals surface area contributed by atoms with E-state index in [1.54, 1.807) is 10.7 Å². The highest BCUT2D eigenvalue weighted by Gasteiger charge is 2.44. The Labute approximate surface area is 252 Å². The number of hydrogen-bond acceptors (Lipinski definition) is 9. The molecule has 3 unspecified atom stereocenters. The van der Waals surface area contributed by atoms with Gasteiger partial charge in [-0.2, -0.15) is 10.4 Å². The summed E-state index contributed by atoms with van der Waals surface area (Å²) in [5, 5.41) is 14.2.